The Balaban J connectivity index is 2.49. The summed E-state index contributed by atoms with van der Waals surface area (Å²) in [7, 11) is 0. The molecule has 0 aromatic carbocycles. The van der Waals surface area contributed by atoms with Gasteiger partial charge in [-0.2, -0.15) is 0 Å². The van der Waals surface area contributed by atoms with E-state index < -0.39 is 23.2 Å². The summed E-state index contributed by atoms with van der Waals surface area (Å²) in [5, 5.41) is 0. The molecular weight excluding hydrogens is 296 g/mol. The molecule has 6 heteroatoms. The summed E-state index contributed by atoms with van der Waals surface area (Å²) in [6.45, 7) is 12.5. The van der Waals surface area contributed by atoms with Gasteiger partial charge in [0.1, 0.15) is 23.3 Å². The van der Waals surface area contributed by atoms with E-state index >= 15 is 0 Å². The lowest BCUT2D eigenvalue weighted by Crippen LogP contribution is -2.44. The molecule has 0 unspecified atom stereocenters. The summed E-state index contributed by atoms with van der Waals surface area (Å²) in [5.41, 5.74) is 4.88. The molecule has 1 fully saturated rings. The van der Waals surface area contributed by atoms with Gasteiger partial charge in [0, 0.05) is 6.54 Å². The van der Waals surface area contributed by atoms with Crippen LogP contribution in [0.15, 0.2) is 0 Å². The van der Waals surface area contributed by atoms with Crippen LogP contribution in [0.1, 0.15) is 60.8 Å². The van der Waals surface area contributed by atoms with Gasteiger partial charge < -0.3 is 15.2 Å². The van der Waals surface area contributed by atoms with Gasteiger partial charge in [0.15, 0.2) is 0 Å². The Morgan fingerprint density at radius 3 is 2.22 bits per heavy atom. The van der Waals surface area contributed by atoms with Gasteiger partial charge in [-0.25, -0.2) is 0 Å². The molecule has 0 radical (unpaired) electrons. The highest BCUT2D eigenvalue weighted by Crippen LogP contribution is 2.21. The van der Waals surface area contributed by atoms with Gasteiger partial charge in [-0.05, 0) is 67.3 Å². The van der Waals surface area contributed by atoms with E-state index in [-0.39, 0.29) is 12.0 Å². The number of nitrogens with zero attached hydrogens (tertiary/aromatic N) is 1. The lowest BCUT2D eigenvalue weighted by molar-refractivity contribution is -0.160. The van der Waals surface area contributed by atoms with Gasteiger partial charge in [0.05, 0.1) is 0 Å². The highest BCUT2D eigenvalue weighted by atomic mass is 16.6. The fraction of sp³-hybridized carbons (Fsp3) is 0.882. The molecule has 0 aliphatic carbocycles. The second-order valence-corrected chi connectivity index (χ2v) is 8.16. The molecule has 0 saturated carbocycles. The first-order chi connectivity index (χ1) is 10.4. The van der Waals surface area contributed by atoms with Crippen LogP contribution in [0.3, 0.4) is 0 Å². The second kappa shape index (κ2) is 7.62. The summed E-state index contributed by atoms with van der Waals surface area (Å²) in [6, 6.07) is -0.908. The largest absolute Gasteiger partial charge is 0.459 e. The van der Waals surface area contributed by atoms with Crippen LogP contribution in [-0.4, -0.2) is 53.2 Å². The smallest absolute Gasteiger partial charge is 0.323 e. The zero-order chi connectivity index (χ0) is 17.8. The molecule has 0 amide bonds. The lowest BCUT2D eigenvalue weighted by Gasteiger charge is -2.28. The molecule has 0 bridgehead atoms. The van der Waals surface area contributed by atoms with Crippen molar-refractivity contribution in [2.75, 3.05) is 13.1 Å². The first-order valence-corrected chi connectivity index (χ1v) is 8.34. The molecule has 1 rings (SSSR count). The molecule has 134 valence electrons. The van der Waals surface area contributed by atoms with E-state index in [1.807, 2.05) is 41.5 Å². The van der Waals surface area contributed by atoms with Crippen molar-refractivity contribution in [2.24, 2.45) is 5.73 Å². The monoisotopic (exact) mass is 328 g/mol. The maximum Gasteiger partial charge on any atom is 0.323 e. The third-order valence-corrected chi connectivity index (χ3v) is 3.48. The summed E-state index contributed by atoms with van der Waals surface area (Å²) in [5.74, 6) is -0.591. The minimum atomic E-state index is -0.672. The van der Waals surface area contributed by atoms with Crippen LogP contribution in [0.5, 0.6) is 0 Å². The Kier molecular flexibility index (Phi) is 6.59. The van der Waals surface area contributed by atoms with Crippen molar-refractivity contribution in [3.63, 3.8) is 0 Å². The zero-order valence-electron chi connectivity index (χ0n) is 15.3. The zero-order valence-corrected chi connectivity index (χ0v) is 15.3. The number of nitrogens with two attached hydrogens (primary N) is 1. The normalized spacial score (nSPS) is 21.1. The molecular formula is C17H32N2O4. The van der Waals surface area contributed by atoms with Crippen molar-refractivity contribution in [1.82, 2.24) is 4.90 Å². The van der Waals surface area contributed by atoms with Crippen LogP contribution >= 0.6 is 0 Å². The summed E-state index contributed by atoms with van der Waals surface area (Å²) in [6.07, 6.45) is 2.20. The highest BCUT2D eigenvalue weighted by molar-refractivity contribution is 5.77. The van der Waals surface area contributed by atoms with Crippen molar-refractivity contribution in [2.45, 2.75) is 84.1 Å². The predicted molar refractivity (Wildman–Crippen MR) is 88.9 cm³/mol. The fourth-order valence-electron chi connectivity index (χ4n) is 2.53. The maximum atomic E-state index is 12.3. The van der Waals surface area contributed by atoms with Gasteiger partial charge >= 0.3 is 11.9 Å². The number of hydrogen-bond donors (Lipinski definition) is 1. The molecule has 1 aliphatic rings. The number of hydrogen-bond acceptors (Lipinski definition) is 6. The Labute approximate surface area is 139 Å². The van der Waals surface area contributed by atoms with E-state index in [4.69, 9.17) is 15.2 Å². The molecule has 23 heavy (non-hydrogen) atoms. The molecule has 0 spiro atoms. The van der Waals surface area contributed by atoms with Crippen LogP contribution < -0.4 is 5.73 Å². The maximum absolute atomic E-state index is 12.3. The van der Waals surface area contributed by atoms with Crippen molar-refractivity contribution in [3.05, 3.63) is 0 Å². The van der Waals surface area contributed by atoms with E-state index in [0.717, 1.165) is 19.4 Å². The van der Waals surface area contributed by atoms with Crippen LogP contribution in [-0.2, 0) is 19.1 Å². The molecule has 2 atom stereocenters. The third-order valence-electron chi connectivity index (χ3n) is 3.48. The summed E-state index contributed by atoms with van der Waals surface area (Å²) in [4.78, 5) is 26.2. The number of likely N-dealkylation sites (tertiary alicyclic amines) is 1. The van der Waals surface area contributed by atoms with Gasteiger partial charge in [-0.1, -0.05) is 0 Å². The molecule has 1 saturated heterocycles. The highest BCUT2D eigenvalue weighted by Gasteiger charge is 2.34. The SMILES string of the molecule is CC(C)(C)OC(=O)[C@@H](N)CCN1CCC[C@H]1C(=O)OC(C)(C)C. The lowest BCUT2D eigenvalue weighted by atomic mass is 10.1. The summed E-state index contributed by atoms with van der Waals surface area (Å²) < 4.78 is 10.7. The van der Waals surface area contributed by atoms with Crippen LogP contribution in [0.25, 0.3) is 0 Å². The predicted octanol–water partition coefficient (Wildman–Crippen LogP) is 1.85. The third kappa shape index (κ3) is 7.31. The quantitative estimate of drug-likeness (QED) is 0.776. The average molecular weight is 328 g/mol. The van der Waals surface area contributed by atoms with Crippen molar-refractivity contribution < 1.29 is 19.1 Å². The van der Waals surface area contributed by atoms with E-state index in [1.165, 1.54) is 0 Å². The van der Waals surface area contributed by atoms with Gasteiger partial charge in [0.2, 0.25) is 0 Å². The molecule has 2 N–H and O–H groups in total. The second-order valence-electron chi connectivity index (χ2n) is 8.16. The average Bonchev–Trinajstić information content (AvgIpc) is 2.79. The van der Waals surface area contributed by atoms with Gasteiger partial charge in [-0.3, -0.25) is 14.5 Å². The first kappa shape index (κ1) is 19.9. The Bertz CT molecular complexity index is 423. The van der Waals surface area contributed by atoms with Gasteiger partial charge in [-0.15, -0.1) is 0 Å². The number of esters is 2. The fourth-order valence-corrected chi connectivity index (χ4v) is 2.53. The molecule has 0 aromatic heterocycles. The standard InChI is InChI=1S/C17H32N2O4/c1-16(2,3)22-14(20)12(18)9-11-19-10-7-8-13(19)15(21)23-17(4,5)6/h12-13H,7-11,18H2,1-6H3/t12-,13-/m0/s1. The number of ether oxygens (including phenoxy) is 2. The molecule has 0 aromatic rings. The van der Waals surface area contributed by atoms with E-state index in [1.54, 1.807) is 0 Å². The molecule has 1 heterocycles. The molecule has 1 aliphatic heterocycles. The van der Waals surface area contributed by atoms with E-state index in [2.05, 4.69) is 4.90 Å². The minimum absolute atomic E-state index is 0.194. The van der Waals surface area contributed by atoms with Crippen molar-refractivity contribution >= 4 is 11.9 Å². The van der Waals surface area contributed by atoms with Crippen LogP contribution in [0.4, 0.5) is 0 Å². The number of carbonyl (C=O) groups excluding carboxylic acids is 2. The molecule has 6 nitrogen and oxygen atoms in total. The Hall–Kier alpha value is -1.14. The van der Waals surface area contributed by atoms with Gasteiger partial charge in [0.25, 0.3) is 0 Å². The Morgan fingerprint density at radius 2 is 1.70 bits per heavy atom. The van der Waals surface area contributed by atoms with Crippen LogP contribution in [0.2, 0.25) is 0 Å². The van der Waals surface area contributed by atoms with E-state index in [0.29, 0.717) is 13.0 Å². The number of rotatable bonds is 5. The number of carbonyl (C=O) groups is 2. The van der Waals surface area contributed by atoms with Crippen LogP contribution in [0, 0.1) is 0 Å². The topological polar surface area (TPSA) is 81.9 Å². The summed E-state index contributed by atoms with van der Waals surface area (Å²) >= 11 is 0. The Morgan fingerprint density at radius 1 is 1.13 bits per heavy atom. The van der Waals surface area contributed by atoms with E-state index in [9.17, 15) is 9.59 Å². The first-order valence-electron chi connectivity index (χ1n) is 8.34. The minimum Gasteiger partial charge on any atom is -0.459 e. The van der Waals surface area contributed by atoms with Crippen molar-refractivity contribution in [1.29, 1.82) is 0 Å². The van der Waals surface area contributed by atoms with Crippen molar-refractivity contribution in [3.8, 4) is 0 Å².